The highest BCUT2D eigenvalue weighted by Crippen LogP contribution is 2.28. The van der Waals surface area contributed by atoms with Crippen LogP contribution in [0.5, 0.6) is 11.5 Å². The van der Waals surface area contributed by atoms with Crippen molar-refractivity contribution in [2.24, 2.45) is 0 Å². The number of nitrogens with zero attached hydrogens (tertiary/aromatic N) is 1. The van der Waals surface area contributed by atoms with E-state index >= 15 is 0 Å². The summed E-state index contributed by atoms with van der Waals surface area (Å²) in [5, 5.41) is 3.23. The van der Waals surface area contributed by atoms with Gasteiger partial charge in [0.05, 0.1) is 20.3 Å². The van der Waals surface area contributed by atoms with Gasteiger partial charge in [0, 0.05) is 39.4 Å². The number of allylic oxidation sites excluding steroid dienone is 2. The Labute approximate surface area is 160 Å². The van der Waals surface area contributed by atoms with Crippen molar-refractivity contribution in [1.29, 1.82) is 0 Å². The number of ether oxygens (including phenoxy) is 4. The van der Waals surface area contributed by atoms with Crippen molar-refractivity contribution in [3.05, 3.63) is 42.0 Å². The lowest BCUT2D eigenvalue weighted by Gasteiger charge is -2.26. The Morgan fingerprint density at radius 1 is 1.15 bits per heavy atom. The number of hydrogen-bond acceptors (Lipinski definition) is 6. The van der Waals surface area contributed by atoms with E-state index in [1.807, 2.05) is 35.3 Å². The Morgan fingerprint density at radius 2 is 1.96 bits per heavy atom. The summed E-state index contributed by atoms with van der Waals surface area (Å²) in [5.41, 5.74) is 0.943. The van der Waals surface area contributed by atoms with Gasteiger partial charge in [-0.15, -0.1) is 0 Å². The van der Waals surface area contributed by atoms with E-state index in [4.69, 9.17) is 18.9 Å². The summed E-state index contributed by atoms with van der Waals surface area (Å²) in [6.07, 6.45) is 7.09. The SMILES string of the molecule is COCCOCOc1ccc(C=CC=CC(=O)N2CCNCC2)cc1OC. The number of amides is 1. The van der Waals surface area contributed by atoms with Gasteiger partial charge in [-0.05, 0) is 17.7 Å². The largest absolute Gasteiger partial charge is 0.493 e. The molecule has 0 aliphatic carbocycles. The summed E-state index contributed by atoms with van der Waals surface area (Å²) in [6.45, 7) is 4.32. The lowest BCUT2D eigenvalue weighted by Crippen LogP contribution is -2.45. The second-order valence-corrected chi connectivity index (χ2v) is 5.87. The molecular weight excluding hydrogens is 348 g/mol. The molecule has 0 aromatic heterocycles. The van der Waals surface area contributed by atoms with Gasteiger partial charge in [0.2, 0.25) is 5.91 Å². The summed E-state index contributed by atoms with van der Waals surface area (Å²) >= 11 is 0. The minimum Gasteiger partial charge on any atom is -0.493 e. The summed E-state index contributed by atoms with van der Waals surface area (Å²) in [4.78, 5) is 13.9. The van der Waals surface area contributed by atoms with Crippen molar-refractivity contribution in [2.75, 3.05) is 60.4 Å². The quantitative estimate of drug-likeness (QED) is 0.290. The van der Waals surface area contributed by atoms with Crippen LogP contribution in [0.3, 0.4) is 0 Å². The van der Waals surface area contributed by atoms with Crippen LogP contribution in [0.25, 0.3) is 6.08 Å². The first-order chi connectivity index (χ1) is 13.2. The maximum Gasteiger partial charge on any atom is 0.246 e. The first-order valence-corrected chi connectivity index (χ1v) is 8.96. The van der Waals surface area contributed by atoms with E-state index in [1.165, 1.54) is 0 Å². The van der Waals surface area contributed by atoms with Crippen LogP contribution in [-0.2, 0) is 14.3 Å². The molecule has 1 amide bonds. The lowest BCUT2D eigenvalue weighted by molar-refractivity contribution is -0.126. The fourth-order valence-electron chi connectivity index (χ4n) is 2.51. The first-order valence-electron chi connectivity index (χ1n) is 8.96. The average Bonchev–Trinajstić information content (AvgIpc) is 2.72. The summed E-state index contributed by atoms with van der Waals surface area (Å²) in [7, 11) is 3.21. The topological polar surface area (TPSA) is 69.3 Å². The van der Waals surface area contributed by atoms with Gasteiger partial charge in [0.25, 0.3) is 0 Å². The Morgan fingerprint density at radius 3 is 2.70 bits per heavy atom. The van der Waals surface area contributed by atoms with Gasteiger partial charge in [0.1, 0.15) is 0 Å². The molecule has 1 saturated heterocycles. The predicted molar refractivity (Wildman–Crippen MR) is 104 cm³/mol. The van der Waals surface area contributed by atoms with E-state index in [0.717, 1.165) is 31.7 Å². The second kappa shape index (κ2) is 12.1. The van der Waals surface area contributed by atoms with Crippen LogP contribution < -0.4 is 14.8 Å². The monoisotopic (exact) mass is 376 g/mol. The number of benzene rings is 1. The molecule has 7 nitrogen and oxygen atoms in total. The highest BCUT2D eigenvalue weighted by atomic mass is 16.7. The molecule has 1 aliphatic rings. The minimum absolute atomic E-state index is 0.0379. The average molecular weight is 376 g/mol. The van der Waals surface area contributed by atoms with Crippen LogP contribution in [0, 0.1) is 0 Å². The third-order valence-corrected chi connectivity index (χ3v) is 3.98. The van der Waals surface area contributed by atoms with Crippen molar-refractivity contribution < 1.29 is 23.7 Å². The molecule has 1 fully saturated rings. The van der Waals surface area contributed by atoms with Crippen molar-refractivity contribution in [3.63, 3.8) is 0 Å². The van der Waals surface area contributed by atoms with E-state index in [1.54, 1.807) is 26.4 Å². The van der Waals surface area contributed by atoms with Crippen molar-refractivity contribution in [3.8, 4) is 11.5 Å². The molecule has 0 saturated carbocycles. The van der Waals surface area contributed by atoms with Crippen LogP contribution in [0.1, 0.15) is 5.56 Å². The Bertz CT molecular complexity index is 639. The van der Waals surface area contributed by atoms with Crippen molar-refractivity contribution >= 4 is 12.0 Å². The fraction of sp³-hybridized carbons (Fsp3) is 0.450. The molecule has 1 N–H and O–H groups in total. The zero-order valence-corrected chi connectivity index (χ0v) is 16.0. The number of carbonyl (C=O) groups is 1. The van der Waals surface area contributed by atoms with E-state index in [9.17, 15) is 4.79 Å². The molecule has 1 heterocycles. The van der Waals surface area contributed by atoms with Crippen LogP contribution >= 0.6 is 0 Å². The Hall–Kier alpha value is -2.35. The predicted octanol–water partition coefficient (Wildman–Crippen LogP) is 1.70. The van der Waals surface area contributed by atoms with E-state index in [2.05, 4.69) is 5.32 Å². The van der Waals surface area contributed by atoms with Gasteiger partial charge >= 0.3 is 0 Å². The molecule has 0 atom stereocenters. The van der Waals surface area contributed by atoms with E-state index < -0.39 is 0 Å². The molecule has 0 radical (unpaired) electrons. The summed E-state index contributed by atoms with van der Waals surface area (Å²) in [5.74, 6) is 1.26. The molecule has 27 heavy (non-hydrogen) atoms. The molecule has 1 aromatic rings. The minimum atomic E-state index is 0.0379. The van der Waals surface area contributed by atoms with Gasteiger partial charge in [0.15, 0.2) is 18.3 Å². The lowest BCUT2D eigenvalue weighted by atomic mass is 10.2. The highest BCUT2D eigenvalue weighted by molar-refractivity contribution is 5.88. The zero-order valence-electron chi connectivity index (χ0n) is 16.0. The fourth-order valence-corrected chi connectivity index (χ4v) is 2.51. The van der Waals surface area contributed by atoms with Crippen LogP contribution in [-0.4, -0.2) is 71.2 Å². The van der Waals surface area contributed by atoms with Crippen molar-refractivity contribution in [2.45, 2.75) is 0 Å². The normalized spacial score (nSPS) is 14.8. The third-order valence-electron chi connectivity index (χ3n) is 3.98. The van der Waals surface area contributed by atoms with Crippen molar-refractivity contribution in [1.82, 2.24) is 10.2 Å². The van der Waals surface area contributed by atoms with E-state index in [-0.39, 0.29) is 12.7 Å². The molecule has 7 heteroatoms. The molecule has 2 rings (SSSR count). The van der Waals surface area contributed by atoms with Gasteiger partial charge in [-0.1, -0.05) is 24.3 Å². The third kappa shape index (κ3) is 7.42. The molecule has 0 bridgehead atoms. The Kier molecular flexibility index (Phi) is 9.40. The van der Waals surface area contributed by atoms with Crippen LogP contribution in [0.2, 0.25) is 0 Å². The number of rotatable bonds is 10. The summed E-state index contributed by atoms with van der Waals surface area (Å²) in [6, 6.07) is 5.61. The van der Waals surface area contributed by atoms with Gasteiger partial charge in [-0.25, -0.2) is 0 Å². The summed E-state index contributed by atoms with van der Waals surface area (Å²) < 4.78 is 21.1. The molecule has 0 spiro atoms. The molecular formula is C20H28N2O5. The van der Waals surface area contributed by atoms with Gasteiger partial charge in [-0.3, -0.25) is 4.79 Å². The zero-order chi connectivity index (χ0) is 19.3. The molecule has 1 aliphatic heterocycles. The number of piperazine rings is 1. The second-order valence-electron chi connectivity index (χ2n) is 5.87. The highest BCUT2D eigenvalue weighted by Gasteiger charge is 2.12. The number of nitrogens with one attached hydrogen (secondary N) is 1. The van der Waals surface area contributed by atoms with Crippen LogP contribution in [0.15, 0.2) is 36.4 Å². The molecule has 148 valence electrons. The molecule has 0 unspecified atom stereocenters. The first kappa shape index (κ1) is 21.0. The van der Waals surface area contributed by atoms with E-state index in [0.29, 0.717) is 24.7 Å². The standard InChI is InChI=1S/C20H28N2O5/c1-24-13-14-26-16-27-18-8-7-17(15-19(18)25-2)5-3-4-6-20(23)22-11-9-21-10-12-22/h3-8,15,21H,9-14,16H2,1-2H3. The number of carbonyl (C=O) groups excluding carboxylic acids is 1. The maximum absolute atomic E-state index is 12.0. The van der Waals surface area contributed by atoms with Gasteiger partial charge < -0.3 is 29.2 Å². The van der Waals surface area contributed by atoms with Crippen LogP contribution in [0.4, 0.5) is 0 Å². The molecule has 1 aromatic carbocycles. The number of hydrogen-bond donors (Lipinski definition) is 1. The smallest absolute Gasteiger partial charge is 0.246 e. The van der Waals surface area contributed by atoms with Gasteiger partial charge in [-0.2, -0.15) is 0 Å². The number of methoxy groups -OCH3 is 2. The Balaban J connectivity index is 1.85. The maximum atomic E-state index is 12.0.